The van der Waals surface area contributed by atoms with Gasteiger partial charge in [0.05, 0.1) is 0 Å². The van der Waals surface area contributed by atoms with Gasteiger partial charge in [-0.2, -0.15) is 0 Å². The van der Waals surface area contributed by atoms with Gasteiger partial charge in [-0.05, 0) is 55.4 Å². The monoisotopic (exact) mass is 325 g/mol. The predicted molar refractivity (Wildman–Crippen MR) is 89.9 cm³/mol. The second-order valence-electron chi connectivity index (χ2n) is 4.60. The fourth-order valence-corrected chi connectivity index (χ4v) is 3.18. The lowest BCUT2D eigenvalue weighted by Crippen LogP contribution is -2.11. The predicted octanol–water partition coefficient (Wildman–Crippen LogP) is 5.57. The largest absolute Gasteiger partial charge is 0.313 e. The van der Waals surface area contributed by atoms with E-state index in [1.807, 2.05) is 25.2 Å². The van der Waals surface area contributed by atoms with Crippen LogP contribution in [-0.4, -0.2) is 7.05 Å². The fraction of sp³-hybridized carbons (Fsp3) is 0.250. The average molecular weight is 326 g/mol. The molecule has 0 aromatic heterocycles. The number of nitrogens with one attached hydrogen (secondary N) is 1. The van der Waals surface area contributed by atoms with Gasteiger partial charge < -0.3 is 5.32 Å². The van der Waals surface area contributed by atoms with E-state index >= 15 is 0 Å². The summed E-state index contributed by atoms with van der Waals surface area (Å²) in [6.07, 6.45) is 0. The second kappa shape index (κ2) is 7.37. The van der Waals surface area contributed by atoms with E-state index in [1.165, 1.54) is 10.5 Å². The summed E-state index contributed by atoms with van der Waals surface area (Å²) in [5.74, 6) is 0.820. The van der Waals surface area contributed by atoms with Gasteiger partial charge in [0.25, 0.3) is 0 Å². The van der Waals surface area contributed by atoms with Crippen LogP contribution in [0.25, 0.3) is 0 Å². The molecule has 2 rings (SSSR count). The summed E-state index contributed by atoms with van der Waals surface area (Å²) in [5.41, 5.74) is 2.36. The molecule has 2 aromatic carbocycles. The summed E-state index contributed by atoms with van der Waals surface area (Å²) in [7, 11) is 1.97. The zero-order chi connectivity index (χ0) is 14.5. The quantitative estimate of drug-likeness (QED) is 0.721. The number of rotatable bonds is 5. The van der Waals surface area contributed by atoms with Gasteiger partial charge in [0, 0.05) is 26.7 Å². The lowest BCUT2D eigenvalue weighted by atomic mass is 10.1. The van der Waals surface area contributed by atoms with Crippen LogP contribution in [0.4, 0.5) is 0 Å². The van der Waals surface area contributed by atoms with Crippen molar-refractivity contribution in [2.24, 2.45) is 0 Å². The highest BCUT2D eigenvalue weighted by Gasteiger charge is 2.05. The van der Waals surface area contributed by atoms with E-state index in [4.69, 9.17) is 23.2 Å². The van der Waals surface area contributed by atoms with Gasteiger partial charge in [0.2, 0.25) is 0 Å². The molecule has 0 aliphatic rings. The first kappa shape index (κ1) is 15.7. The minimum Gasteiger partial charge on any atom is -0.313 e. The molecular formula is C16H17Cl2NS. The second-order valence-corrected chi connectivity index (χ2v) is 6.50. The van der Waals surface area contributed by atoms with E-state index in [9.17, 15) is 0 Å². The standard InChI is InChI=1S/C16H17Cl2NS/c1-11(19-2)12-3-6-15(7-4-12)20-10-13-9-14(17)5-8-16(13)18/h3-9,11,19H,10H2,1-2H3. The molecule has 0 bridgehead atoms. The molecule has 0 saturated heterocycles. The van der Waals surface area contributed by atoms with Crippen molar-refractivity contribution in [3.63, 3.8) is 0 Å². The Hall–Kier alpha value is -0.670. The Kier molecular flexibility index (Phi) is 5.79. The summed E-state index contributed by atoms with van der Waals surface area (Å²) in [6.45, 7) is 2.15. The number of thioether (sulfide) groups is 1. The lowest BCUT2D eigenvalue weighted by Gasteiger charge is -2.11. The van der Waals surface area contributed by atoms with Crippen LogP contribution in [0.15, 0.2) is 47.4 Å². The van der Waals surface area contributed by atoms with Crippen molar-refractivity contribution in [3.05, 3.63) is 63.6 Å². The van der Waals surface area contributed by atoms with E-state index in [0.717, 1.165) is 21.4 Å². The van der Waals surface area contributed by atoms with Crippen molar-refractivity contribution in [1.82, 2.24) is 5.32 Å². The van der Waals surface area contributed by atoms with Crippen LogP contribution >= 0.6 is 35.0 Å². The summed E-state index contributed by atoms with van der Waals surface area (Å²) in [4.78, 5) is 1.23. The van der Waals surface area contributed by atoms with Crippen LogP contribution in [0.2, 0.25) is 10.0 Å². The number of hydrogen-bond donors (Lipinski definition) is 1. The first-order valence-electron chi connectivity index (χ1n) is 6.44. The topological polar surface area (TPSA) is 12.0 Å². The Morgan fingerprint density at radius 1 is 1.10 bits per heavy atom. The van der Waals surface area contributed by atoms with Crippen molar-refractivity contribution in [2.45, 2.75) is 23.6 Å². The van der Waals surface area contributed by atoms with Crippen LogP contribution in [0.3, 0.4) is 0 Å². The zero-order valence-corrected chi connectivity index (χ0v) is 13.8. The molecule has 0 aliphatic heterocycles. The Morgan fingerprint density at radius 2 is 1.80 bits per heavy atom. The third-order valence-corrected chi connectivity index (χ3v) is 4.88. The Bertz CT molecular complexity index is 569. The molecule has 1 nitrogen and oxygen atoms in total. The van der Waals surface area contributed by atoms with E-state index in [2.05, 4.69) is 36.5 Å². The summed E-state index contributed by atoms with van der Waals surface area (Å²) in [5, 5.41) is 4.72. The van der Waals surface area contributed by atoms with Crippen molar-refractivity contribution in [1.29, 1.82) is 0 Å². The number of benzene rings is 2. The average Bonchev–Trinajstić information content (AvgIpc) is 2.48. The van der Waals surface area contributed by atoms with E-state index < -0.39 is 0 Å². The van der Waals surface area contributed by atoms with Crippen LogP contribution < -0.4 is 5.32 Å². The lowest BCUT2D eigenvalue weighted by molar-refractivity contribution is 0.652. The molecule has 0 saturated carbocycles. The third kappa shape index (κ3) is 4.16. The highest BCUT2D eigenvalue weighted by molar-refractivity contribution is 7.98. The van der Waals surface area contributed by atoms with Gasteiger partial charge in [-0.25, -0.2) is 0 Å². The summed E-state index contributed by atoms with van der Waals surface area (Å²) in [6, 6.07) is 14.6. The summed E-state index contributed by atoms with van der Waals surface area (Å²) >= 11 is 13.9. The smallest absolute Gasteiger partial charge is 0.0447 e. The molecule has 1 N–H and O–H groups in total. The molecule has 0 heterocycles. The highest BCUT2D eigenvalue weighted by atomic mass is 35.5. The van der Waals surface area contributed by atoms with Crippen molar-refractivity contribution >= 4 is 35.0 Å². The van der Waals surface area contributed by atoms with E-state index in [0.29, 0.717) is 6.04 Å². The SMILES string of the molecule is CNC(C)c1ccc(SCc2cc(Cl)ccc2Cl)cc1. The molecule has 1 atom stereocenters. The molecule has 0 radical (unpaired) electrons. The maximum absolute atomic E-state index is 6.17. The minimum atomic E-state index is 0.372. The van der Waals surface area contributed by atoms with Crippen molar-refractivity contribution in [2.75, 3.05) is 7.05 Å². The van der Waals surface area contributed by atoms with Gasteiger partial charge in [0.1, 0.15) is 0 Å². The van der Waals surface area contributed by atoms with Gasteiger partial charge in [0.15, 0.2) is 0 Å². The Labute approximate surface area is 134 Å². The van der Waals surface area contributed by atoms with Crippen LogP contribution in [-0.2, 0) is 5.75 Å². The van der Waals surface area contributed by atoms with Crippen LogP contribution in [0.1, 0.15) is 24.1 Å². The molecule has 0 spiro atoms. The molecule has 4 heteroatoms. The van der Waals surface area contributed by atoms with Crippen LogP contribution in [0.5, 0.6) is 0 Å². The first-order chi connectivity index (χ1) is 9.60. The Balaban J connectivity index is 2.02. The first-order valence-corrected chi connectivity index (χ1v) is 8.18. The van der Waals surface area contributed by atoms with Crippen molar-refractivity contribution < 1.29 is 0 Å². The van der Waals surface area contributed by atoms with Gasteiger partial charge >= 0.3 is 0 Å². The van der Waals surface area contributed by atoms with Gasteiger partial charge in [-0.15, -0.1) is 11.8 Å². The molecule has 20 heavy (non-hydrogen) atoms. The molecule has 0 aliphatic carbocycles. The molecule has 1 unspecified atom stereocenters. The molecular weight excluding hydrogens is 309 g/mol. The maximum atomic E-state index is 6.17. The zero-order valence-electron chi connectivity index (χ0n) is 11.5. The highest BCUT2D eigenvalue weighted by Crippen LogP contribution is 2.29. The third-order valence-electron chi connectivity index (χ3n) is 3.22. The van der Waals surface area contributed by atoms with E-state index in [-0.39, 0.29) is 0 Å². The van der Waals surface area contributed by atoms with E-state index in [1.54, 1.807) is 11.8 Å². The maximum Gasteiger partial charge on any atom is 0.0447 e. The summed E-state index contributed by atoms with van der Waals surface area (Å²) < 4.78 is 0. The number of hydrogen-bond acceptors (Lipinski definition) is 2. The van der Waals surface area contributed by atoms with Crippen LogP contribution in [0, 0.1) is 0 Å². The molecule has 2 aromatic rings. The molecule has 0 fully saturated rings. The fourth-order valence-electron chi connectivity index (χ4n) is 1.83. The Morgan fingerprint density at radius 3 is 2.45 bits per heavy atom. The molecule has 106 valence electrons. The molecule has 0 amide bonds. The van der Waals surface area contributed by atoms with Gasteiger partial charge in [-0.3, -0.25) is 0 Å². The minimum absolute atomic E-state index is 0.372. The van der Waals surface area contributed by atoms with Gasteiger partial charge in [-0.1, -0.05) is 35.3 Å². The van der Waals surface area contributed by atoms with Crippen molar-refractivity contribution in [3.8, 4) is 0 Å². The number of halogens is 2. The normalized spacial score (nSPS) is 12.4.